The summed E-state index contributed by atoms with van der Waals surface area (Å²) in [6.45, 7) is 3.13. The lowest BCUT2D eigenvalue weighted by atomic mass is 10.2. The number of aliphatic hydroxyl groups excluding tert-OH is 2. The standard InChI is InChI=1S/C10H18O4/c1-3-4-5-8(2)10(13)14-7-9(12)6-11/h5,9,11-12H,3-4,6-7H2,1-2H3. The lowest BCUT2D eigenvalue weighted by Gasteiger charge is -2.08. The average Bonchev–Trinajstić information content (AvgIpc) is 2.21. The molecule has 0 fully saturated rings. The summed E-state index contributed by atoms with van der Waals surface area (Å²) < 4.78 is 4.74. The van der Waals surface area contributed by atoms with Crippen molar-refractivity contribution in [2.24, 2.45) is 0 Å². The highest BCUT2D eigenvalue weighted by Gasteiger charge is 2.08. The van der Waals surface area contributed by atoms with E-state index in [1.54, 1.807) is 13.0 Å². The van der Waals surface area contributed by atoms with Crippen molar-refractivity contribution in [3.8, 4) is 0 Å². The third-order valence-corrected chi connectivity index (χ3v) is 1.68. The van der Waals surface area contributed by atoms with Gasteiger partial charge < -0.3 is 14.9 Å². The number of aliphatic hydroxyl groups is 2. The van der Waals surface area contributed by atoms with Gasteiger partial charge in [0.1, 0.15) is 12.7 Å². The molecule has 2 N–H and O–H groups in total. The van der Waals surface area contributed by atoms with Gasteiger partial charge in [-0.05, 0) is 13.3 Å². The molecule has 0 saturated heterocycles. The molecule has 0 aliphatic rings. The van der Waals surface area contributed by atoms with Crippen molar-refractivity contribution in [1.29, 1.82) is 0 Å². The van der Waals surface area contributed by atoms with Crippen LogP contribution in [0, 0.1) is 0 Å². The van der Waals surface area contributed by atoms with Crippen LogP contribution in [0.3, 0.4) is 0 Å². The van der Waals surface area contributed by atoms with Gasteiger partial charge >= 0.3 is 5.97 Å². The predicted octanol–water partition coefficient (Wildman–Crippen LogP) is 0.629. The topological polar surface area (TPSA) is 66.8 Å². The van der Waals surface area contributed by atoms with E-state index in [4.69, 9.17) is 14.9 Å². The maximum Gasteiger partial charge on any atom is 0.333 e. The Morgan fingerprint density at radius 3 is 2.71 bits per heavy atom. The molecule has 0 aromatic carbocycles. The molecule has 1 unspecified atom stereocenters. The molecule has 4 nitrogen and oxygen atoms in total. The Labute approximate surface area is 84.2 Å². The SMILES string of the molecule is CCCC=C(C)C(=O)OCC(O)CO. The van der Waals surface area contributed by atoms with Crippen LogP contribution in [-0.4, -0.2) is 35.5 Å². The average molecular weight is 202 g/mol. The molecule has 0 radical (unpaired) electrons. The van der Waals surface area contributed by atoms with Crippen LogP contribution in [0.5, 0.6) is 0 Å². The van der Waals surface area contributed by atoms with Gasteiger partial charge in [0.05, 0.1) is 6.61 Å². The van der Waals surface area contributed by atoms with Gasteiger partial charge in [0.25, 0.3) is 0 Å². The Morgan fingerprint density at radius 1 is 1.57 bits per heavy atom. The molecule has 0 bridgehead atoms. The molecule has 0 amide bonds. The molecule has 0 aliphatic heterocycles. The van der Waals surface area contributed by atoms with E-state index < -0.39 is 18.7 Å². The Hall–Kier alpha value is -0.870. The van der Waals surface area contributed by atoms with E-state index in [-0.39, 0.29) is 6.61 Å². The Morgan fingerprint density at radius 2 is 2.21 bits per heavy atom. The minimum Gasteiger partial charge on any atom is -0.459 e. The predicted molar refractivity (Wildman–Crippen MR) is 52.7 cm³/mol. The van der Waals surface area contributed by atoms with Crippen molar-refractivity contribution in [1.82, 2.24) is 0 Å². The van der Waals surface area contributed by atoms with Crippen LogP contribution in [0.2, 0.25) is 0 Å². The summed E-state index contributed by atoms with van der Waals surface area (Å²) in [6, 6.07) is 0. The van der Waals surface area contributed by atoms with Gasteiger partial charge in [-0.25, -0.2) is 4.79 Å². The van der Waals surface area contributed by atoms with E-state index in [9.17, 15) is 4.79 Å². The first-order valence-electron chi connectivity index (χ1n) is 4.74. The van der Waals surface area contributed by atoms with Crippen molar-refractivity contribution >= 4 is 5.97 Å². The molecule has 0 aromatic heterocycles. The first-order chi connectivity index (χ1) is 6.61. The highest BCUT2D eigenvalue weighted by molar-refractivity contribution is 5.87. The second-order valence-corrected chi connectivity index (χ2v) is 3.11. The van der Waals surface area contributed by atoms with Crippen molar-refractivity contribution in [2.75, 3.05) is 13.2 Å². The van der Waals surface area contributed by atoms with Gasteiger partial charge in [0.15, 0.2) is 0 Å². The third kappa shape index (κ3) is 5.72. The highest BCUT2D eigenvalue weighted by atomic mass is 16.5. The molecule has 0 aliphatic carbocycles. The molecule has 14 heavy (non-hydrogen) atoms. The number of carbonyl (C=O) groups is 1. The number of allylic oxidation sites excluding steroid dienone is 1. The number of esters is 1. The molecule has 1 atom stereocenters. The van der Waals surface area contributed by atoms with Gasteiger partial charge in [0, 0.05) is 5.57 Å². The summed E-state index contributed by atoms with van der Waals surface area (Å²) in [5, 5.41) is 17.4. The van der Waals surface area contributed by atoms with Crippen molar-refractivity contribution in [3.05, 3.63) is 11.6 Å². The smallest absolute Gasteiger partial charge is 0.333 e. The summed E-state index contributed by atoms with van der Waals surface area (Å²) in [7, 11) is 0. The van der Waals surface area contributed by atoms with Gasteiger partial charge in [0.2, 0.25) is 0 Å². The fourth-order valence-corrected chi connectivity index (χ4v) is 0.783. The zero-order valence-electron chi connectivity index (χ0n) is 8.69. The van der Waals surface area contributed by atoms with Crippen LogP contribution in [0.15, 0.2) is 11.6 Å². The third-order valence-electron chi connectivity index (χ3n) is 1.68. The second-order valence-electron chi connectivity index (χ2n) is 3.11. The number of ether oxygens (including phenoxy) is 1. The van der Waals surface area contributed by atoms with E-state index >= 15 is 0 Å². The van der Waals surface area contributed by atoms with Gasteiger partial charge in [-0.2, -0.15) is 0 Å². The zero-order valence-corrected chi connectivity index (χ0v) is 8.69. The summed E-state index contributed by atoms with van der Waals surface area (Å²) in [6.07, 6.45) is 2.62. The van der Waals surface area contributed by atoms with Gasteiger partial charge in [-0.3, -0.25) is 0 Å². The molecule has 82 valence electrons. The first kappa shape index (κ1) is 13.1. The molecular weight excluding hydrogens is 184 g/mol. The van der Waals surface area contributed by atoms with Crippen molar-refractivity contribution in [2.45, 2.75) is 32.8 Å². The Bertz CT molecular complexity index is 198. The summed E-state index contributed by atoms with van der Waals surface area (Å²) in [5.41, 5.74) is 0.539. The molecule has 0 aromatic rings. The number of carbonyl (C=O) groups excluding carboxylic acids is 1. The normalized spacial score (nSPS) is 13.9. The molecule has 0 saturated carbocycles. The Balaban J connectivity index is 3.84. The largest absolute Gasteiger partial charge is 0.459 e. The maximum atomic E-state index is 11.2. The van der Waals surface area contributed by atoms with E-state index in [2.05, 4.69) is 0 Å². The molecule has 0 heterocycles. The minimum absolute atomic E-state index is 0.160. The second kappa shape index (κ2) is 7.53. The van der Waals surface area contributed by atoms with Crippen molar-refractivity contribution in [3.63, 3.8) is 0 Å². The maximum absolute atomic E-state index is 11.2. The van der Waals surface area contributed by atoms with Crippen LogP contribution < -0.4 is 0 Å². The fourth-order valence-electron chi connectivity index (χ4n) is 0.783. The van der Waals surface area contributed by atoms with Crippen LogP contribution in [0.4, 0.5) is 0 Å². The van der Waals surface area contributed by atoms with Crippen molar-refractivity contribution < 1.29 is 19.7 Å². The Kier molecular flexibility index (Phi) is 7.06. The van der Waals surface area contributed by atoms with Crippen LogP contribution in [0.1, 0.15) is 26.7 Å². The summed E-state index contributed by atoms with van der Waals surface area (Å²) in [5.74, 6) is -0.439. The molecule has 0 spiro atoms. The number of rotatable bonds is 6. The van der Waals surface area contributed by atoms with Gasteiger partial charge in [-0.1, -0.05) is 19.4 Å². The van der Waals surface area contributed by atoms with E-state index in [0.29, 0.717) is 5.57 Å². The zero-order chi connectivity index (χ0) is 11.0. The van der Waals surface area contributed by atoms with Crippen LogP contribution >= 0.6 is 0 Å². The molecule has 0 rings (SSSR count). The number of hydrogen-bond acceptors (Lipinski definition) is 4. The number of unbranched alkanes of at least 4 members (excludes halogenated alkanes) is 1. The van der Waals surface area contributed by atoms with E-state index in [1.807, 2.05) is 6.92 Å². The van der Waals surface area contributed by atoms with Gasteiger partial charge in [-0.15, -0.1) is 0 Å². The van der Waals surface area contributed by atoms with Crippen LogP contribution in [0.25, 0.3) is 0 Å². The first-order valence-corrected chi connectivity index (χ1v) is 4.74. The fraction of sp³-hybridized carbons (Fsp3) is 0.700. The quantitative estimate of drug-likeness (QED) is 0.489. The van der Waals surface area contributed by atoms with E-state index in [0.717, 1.165) is 12.8 Å². The number of hydrogen-bond donors (Lipinski definition) is 2. The minimum atomic E-state index is -0.988. The lowest BCUT2D eigenvalue weighted by Crippen LogP contribution is -2.22. The highest BCUT2D eigenvalue weighted by Crippen LogP contribution is 2.01. The summed E-state index contributed by atoms with van der Waals surface area (Å²) >= 11 is 0. The molecular formula is C10H18O4. The lowest BCUT2D eigenvalue weighted by molar-refractivity contribution is -0.142. The monoisotopic (exact) mass is 202 g/mol. The summed E-state index contributed by atoms with van der Waals surface area (Å²) in [4.78, 5) is 11.2. The van der Waals surface area contributed by atoms with Crippen LogP contribution in [-0.2, 0) is 9.53 Å². The van der Waals surface area contributed by atoms with E-state index in [1.165, 1.54) is 0 Å². The molecule has 4 heteroatoms.